The summed E-state index contributed by atoms with van der Waals surface area (Å²) in [6.07, 6.45) is 3.53. The van der Waals surface area contributed by atoms with Gasteiger partial charge in [-0.25, -0.2) is 9.38 Å². The first-order chi connectivity index (χ1) is 15.5. The van der Waals surface area contributed by atoms with Gasteiger partial charge in [-0.3, -0.25) is 9.48 Å². The van der Waals surface area contributed by atoms with Crippen LogP contribution in [0.5, 0.6) is 0 Å². The number of aryl methyl sites for hydroxylation is 1. The summed E-state index contributed by atoms with van der Waals surface area (Å²) in [5.41, 5.74) is 2.19. The third-order valence-corrected chi connectivity index (χ3v) is 5.63. The SMILES string of the molecule is CCNC(=NCc1ccc(N2CCOCC2)c(F)c1)N1CCN(c2cnn(C)c2)C(=O)C1. The van der Waals surface area contributed by atoms with E-state index < -0.39 is 0 Å². The molecular weight excluding hydrogens is 413 g/mol. The highest BCUT2D eigenvalue weighted by Crippen LogP contribution is 2.22. The lowest BCUT2D eigenvalue weighted by Crippen LogP contribution is -2.55. The highest BCUT2D eigenvalue weighted by Gasteiger charge is 2.27. The Morgan fingerprint density at radius 3 is 2.72 bits per heavy atom. The normalized spacial score (nSPS) is 17.8. The third kappa shape index (κ3) is 5.01. The van der Waals surface area contributed by atoms with Crippen LogP contribution in [0.25, 0.3) is 0 Å². The van der Waals surface area contributed by atoms with E-state index in [-0.39, 0.29) is 18.3 Å². The van der Waals surface area contributed by atoms with E-state index in [0.29, 0.717) is 64.1 Å². The molecule has 2 aliphatic heterocycles. The number of benzene rings is 1. The number of piperazine rings is 1. The number of halogens is 1. The molecule has 0 saturated carbocycles. The van der Waals surface area contributed by atoms with Gasteiger partial charge >= 0.3 is 0 Å². The predicted molar refractivity (Wildman–Crippen MR) is 121 cm³/mol. The molecule has 0 unspecified atom stereocenters. The number of ether oxygens (including phenoxy) is 1. The second kappa shape index (κ2) is 9.99. The Bertz CT molecular complexity index is 971. The number of nitrogens with zero attached hydrogens (tertiary/aromatic N) is 6. The summed E-state index contributed by atoms with van der Waals surface area (Å²) in [6, 6.07) is 5.27. The van der Waals surface area contributed by atoms with Crippen molar-refractivity contribution >= 4 is 23.2 Å². The number of carbonyl (C=O) groups is 1. The van der Waals surface area contributed by atoms with Crippen LogP contribution in [-0.2, 0) is 23.1 Å². The monoisotopic (exact) mass is 443 g/mol. The summed E-state index contributed by atoms with van der Waals surface area (Å²) in [5, 5.41) is 7.40. The van der Waals surface area contributed by atoms with E-state index in [2.05, 4.69) is 15.4 Å². The molecule has 0 radical (unpaired) electrons. The fourth-order valence-corrected chi connectivity index (χ4v) is 3.98. The smallest absolute Gasteiger partial charge is 0.246 e. The second-order valence-corrected chi connectivity index (χ2v) is 7.89. The average Bonchev–Trinajstić information content (AvgIpc) is 3.23. The molecule has 2 aromatic rings. The van der Waals surface area contributed by atoms with Crippen molar-refractivity contribution in [3.05, 3.63) is 42.0 Å². The summed E-state index contributed by atoms with van der Waals surface area (Å²) < 4.78 is 21.7. The number of nitrogens with one attached hydrogen (secondary N) is 1. The van der Waals surface area contributed by atoms with Crippen molar-refractivity contribution in [3.63, 3.8) is 0 Å². The van der Waals surface area contributed by atoms with Crippen molar-refractivity contribution in [1.29, 1.82) is 0 Å². The lowest BCUT2D eigenvalue weighted by atomic mass is 10.1. The molecule has 10 heteroatoms. The van der Waals surface area contributed by atoms with E-state index in [1.54, 1.807) is 21.8 Å². The van der Waals surface area contributed by atoms with E-state index in [4.69, 9.17) is 4.74 Å². The lowest BCUT2D eigenvalue weighted by molar-refractivity contribution is -0.120. The van der Waals surface area contributed by atoms with Crippen LogP contribution in [0, 0.1) is 5.82 Å². The first-order valence-corrected chi connectivity index (χ1v) is 11.0. The topological polar surface area (TPSA) is 78.2 Å². The van der Waals surface area contributed by atoms with Gasteiger partial charge in [0.1, 0.15) is 12.4 Å². The summed E-state index contributed by atoms with van der Waals surface area (Å²) in [5.74, 6) is 0.407. The van der Waals surface area contributed by atoms with Crippen molar-refractivity contribution in [2.24, 2.45) is 12.0 Å². The molecule has 4 rings (SSSR count). The Kier molecular flexibility index (Phi) is 6.89. The first-order valence-electron chi connectivity index (χ1n) is 11.0. The molecule has 1 N–H and O–H groups in total. The molecule has 1 aromatic carbocycles. The van der Waals surface area contributed by atoms with Crippen LogP contribution >= 0.6 is 0 Å². The van der Waals surface area contributed by atoms with Crippen LogP contribution in [0.3, 0.4) is 0 Å². The van der Waals surface area contributed by atoms with Crippen LogP contribution in [0.1, 0.15) is 12.5 Å². The second-order valence-electron chi connectivity index (χ2n) is 7.89. The zero-order valence-corrected chi connectivity index (χ0v) is 18.6. The maximum atomic E-state index is 14.7. The van der Waals surface area contributed by atoms with Gasteiger partial charge in [0, 0.05) is 46.0 Å². The van der Waals surface area contributed by atoms with Crippen molar-refractivity contribution in [2.75, 3.05) is 62.3 Å². The van der Waals surface area contributed by atoms with E-state index in [1.165, 1.54) is 0 Å². The Labute approximate surface area is 187 Å². The molecule has 2 saturated heterocycles. The van der Waals surface area contributed by atoms with Crippen LogP contribution in [0.4, 0.5) is 15.8 Å². The summed E-state index contributed by atoms with van der Waals surface area (Å²) in [6.45, 7) is 7.05. The number of morpholine rings is 1. The van der Waals surface area contributed by atoms with Gasteiger partial charge in [0.2, 0.25) is 5.91 Å². The number of aliphatic imine (C=N–C) groups is 1. The van der Waals surface area contributed by atoms with Gasteiger partial charge in [-0.05, 0) is 24.6 Å². The predicted octanol–water partition coefficient (Wildman–Crippen LogP) is 1.21. The number of anilines is 2. The van der Waals surface area contributed by atoms with Gasteiger partial charge in [0.05, 0.1) is 37.3 Å². The maximum absolute atomic E-state index is 14.7. The van der Waals surface area contributed by atoms with E-state index in [0.717, 1.165) is 11.3 Å². The minimum atomic E-state index is -0.245. The molecule has 172 valence electrons. The molecule has 9 nitrogen and oxygen atoms in total. The number of amides is 1. The van der Waals surface area contributed by atoms with E-state index >= 15 is 0 Å². The standard InChI is InChI=1S/C22H30FN7O2/c1-3-24-22(29-6-7-30(21(31)16-29)18-14-26-27(2)15-18)25-13-17-4-5-20(19(23)12-17)28-8-10-32-11-9-28/h4-5,12,14-15H,3,6-11,13,16H2,1-2H3,(H,24,25). The molecule has 32 heavy (non-hydrogen) atoms. The van der Waals surface area contributed by atoms with Crippen LogP contribution in [0.15, 0.2) is 35.6 Å². The Balaban J connectivity index is 1.42. The van der Waals surface area contributed by atoms with E-state index in [1.807, 2.05) is 42.1 Å². The molecule has 0 aliphatic carbocycles. The number of hydrogen-bond acceptors (Lipinski definition) is 5. The molecule has 2 aliphatic rings. The molecule has 2 fully saturated rings. The third-order valence-electron chi connectivity index (χ3n) is 5.63. The molecule has 1 aromatic heterocycles. The largest absolute Gasteiger partial charge is 0.378 e. The molecule has 1 amide bonds. The van der Waals surface area contributed by atoms with Gasteiger partial charge in [-0.15, -0.1) is 0 Å². The number of aromatic nitrogens is 2. The van der Waals surface area contributed by atoms with Crippen molar-refractivity contribution < 1.29 is 13.9 Å². The molecular formula is C22H30FN7O2. The molecule has 0 bridgehead atoms. The van der Waals surface area contributed by atoms with Crippen molar-refractivity contribution in [1.82, 2.24) is 20.0 Å². The molecule has 0 atom stereocenters. The van der Waals surface area contributed by atoms with Gasteiger partial charge in [0.15, 0.2) is 5.96 Å². The number of hydrogen-bond donors (Lipinski definition) is 1. The van der Waals surface area contributed by atoms with E-state index in [9.17, 15) is 9.18 Å². The fraction of sp³-hybridized carbons (Fsp3) is 0.500. The zero-order valence-electron chi connectivity index (χ0n) is 18.6. The molecule has 3 heterocycles. The van der Waals surface area contributed by atoms with Gasteiger partial charge in [0.25, 0.3) is 0 Å². The van der Waals surface area contributed by atoms with Crippen molar-refractivity contribution in [2.45, 2.75) is 13.5 Å². The molecule has 0 spiro atoms. The minimum Gasteiger partial charge on any atom is -0.378 e. The summed E-state index contributed by atoms with van der Waals surface area (Å²) in [7, 11) is 1.83. The lowest BCUT2D eigenvalue weighted by Gasteiger charge is -2.35. The average molecular weight is 444 g/mol. The summed E-state index contributed by atoms with van der Waals surface area (Å²) >= 11 is 0. The van der Waals surface area contributed by atoms with Gasteiger partial charge in [-0.2, -0.15) is 5.10 Å². The quantitative estimate of drug-likeness (QED) is 0.553. The zero-order chi connectivity index (χ0) is 22.5. The van der Waals surface area contributed by atoms with Crippen LogP contribution in [0.2, 0.25) is 0 Å². The fourth-order valence-electron chi connectivity index (χ4n) is 3.98. The van der Waals surface area contributed by atoms with Gasteiger partial charge in [-0.1, -0.05) is 6.07 Å². The van der Waals surface area contributed by atoms with Crippen LogP contribution in [-0.4, -0.2) is 79.0 Å². The summed E-state index contributed by atoms with van der Waals surface area (Å²) in [4.78, 5) is 23.1. The van der Waals surface area contributed by atoms with Crippen LogP contribution < -0.4 is 15.1 Å². The number of carbonyl (C=O) groups excluding carboxylic acids is 1. The number of guanidine groups is 1. The maximum Gasteiger partial charge on any atom is 0.246 e. The Morgan fingerprint density at radius 2 is 2.06 bits per heavy atom. The van der Waals surface area contributed by atoms with Crippen molar-refractivity contribution in [3.8, 4) is 0 Å². The Morgan fingerprint density at radius 1 is 1.25 bits per heavy atom. The highest BCUT2D eigenvalue weighted by molar-refractivity contribution is 5.98. The Hall–Kier alpha value is -3.14. The first kappa shape index (κ1) is 22.1. The minimum absolute atomic E-state index is 0.00392. The highest BCUT2D eigenvalue weighted by atomic mass is 19.1. The van der Waals surface area contributed by atoms with Gasteiger partial charge < -0.3 is 24.8 Å². The number of rotatable bonds is 5.